The van der Waals surface area contributed by atoms with Gasteiger partial charge in [0.25, 0.3) is 5.91 Å². The van der Waals surface area contributed by atoms with Gasteiger partial charge in [0.2, 0.25) is 5.91 Å². The van der Waals surface area contributed by atoms with Gasteiger partial charge in [-0.25, -0.2) is 0 Å². The summed E-state index contributed by atoms with van der Waals surface area (Å²) in [6.45, 7) is 3.65. The zero-order valence-corrected chi connectivity index (χ0v) is 11.9. The zero-order chi connectivity index (χ0) is 16.4. The lowest BCUT2D eigenvalue weighted by molar-refractivity contribution is -0.143. The van der Waals surface area contributed by atoms with E-state index >= 15 is 0 Å². The molecule has 0 aliphatic rings. The lowest BCUT2D eigenvalue weighted by Crippen LogP contribution is -2.45. The summed E-state index contributed by atoms with van der Waals surface area (Å²) < 4.78 is 38.4. The fourth-order valence-electron chi connectivity index (χ4n) is 1.79. The van der Waals surface area contributed by atoms with E-state index in [-0.39, 0.29) is 5.92 Å². The summed E-state index contributed by atoms with van der Waals surface area (Å²) in [5, 5.41) is 5.80. The molecule has 1 aromatic rings. The highest BCUT2D eigenvalue weighted by Crippen LogP contribution is 2.29. The normalized spacial score (nSPS) is 13.3. The van der Waals surface area contributed by atoms with Gasteiger partial charge in [-0.2, -0.15) is 18.3 Å². The van der Waals surface area contributed by atoms with Gasteiger partial charge in [-0.1, -0.05) is 13.8 Å². The predicted octanol–water partition coefficient (Wildman–Crippen LogP) is 1.07. The van der Waals surface area contributed by atoms with E-state index in [9.17, 15) is 22.8 Å². The van der Waals surface area contributed by atoms with Gasteiger partial charge in [0.05, 0.1) is 0 Å². The standard InChI is InChI=1S/C12H17F3N4O2/c1-6(2)4-7(10(16)20)17-11(21)8-5-9(12(13,14)15)19(3)18-8/h5-7H,4H2,1-3H3,(H2,16,20)(H,17,21)/t7-/m0/s1. The number of aromatic nitrogens is 2. The van der Waals surface area contributed by atoms with Crippen LogP contribution in [0.5, 0.6) is 0 Å². The molecule has 0 fully saturated rings. The van der Waals surface area contributed by atoms with Gasteiger partial charge in [0, 0.05) is 13.1 Å². The van der Waals surface area contributed by atoms with E-state index in [1.807, 2.05) is 13.8 Å². The third kappa shape index (κ3) is 4.47. The van der Waals surface area contributed by atoms with Crippen LogP contribution in [-0.2, 0) is 18.0 Å². The summed E-state index contributed by atoms with van der Waals surface area (Å²) in [6, 6.07) is -0.322. The minimum absolute atomic E-state index is 0.0808. The fraction of sp³-hybridized carbons (Fsp3) is 0.583. The molecular weight excluding hydrogens is 289 g/mol. The van der Waals surface area contributed by atoms with Crippen molar-refractivity contribution in [3.8, 4) is 0 Å². The van der Waals surface area contributed by atoms with Crippen molar-refractivity contribution < 1.29 is 22.8 Å². The molecule has 0 aliphatic heterocycles. The highest BCUT2D eigenvalue weighted by molar-refractivity contribution is 5.95. The number of aryl methyl sites for hydroxylation is 1. The molecule has 0 saturated carbocycles. The Morgan fingerprint density at radius 1 is 1.43 bits per heavy atom. The Labute approximate surface area is 119 Å². The van der Waals surface area contributed by atoms with Crippen LogP contribution in [0.15, 0.2) is 6.07 Å². The molecule has 2 amide bonds. The molecule has 1 rings (SSSR count). The minimum Gasteiger partial charge on any atom is -0.368 e. The van der Waals surface area contributed by atoms with Crippen LogP contribution in [0, 0.1) is 5.92 Å². The van der Waals surface area contributed by atoms with E-state index in [0.29, 0.717) is 17.2 Å². The molecule has 0 unspecified atom stereocenters. The monoisotopic (exact) mass is 306 g/mol. The van der Waals surface area contributed by atoms with Crippen LogP contribution in [0.25, 0.3) is 0 Å². The zero-order valence-electron chi connectivity index (χ0n) is 11.9. The molecule has 0 radical (unpaired) electrons. The molecule has 3 N–H and O–H groups in total. The van der Waals surface area contributed by atoms with Crippen LogP contribution in [0.4, 0.5) is 13.2 Å². The van der Waals surface area contributed by atoms with Crippen LogP contribution in [0.1, 0.15) is 36.5 Å². The summed E-state index contributed by atoms with van der Waals surface area (Å²) in [4.78, 5) is 23.1. The van der Waals surface area contributed by atoms with Gasteiger partial charge >= 0.3 is 6.18 Å². The van der Waals surface area contributed by atoms with Crippen molar-refractivity contribution in [2.24, 2.45) is 18.7 Å². The summed E-state index contributed by atoms with van der Waals surface area (Å²) in [6.07, 6.45) is -4.32. The van der Waals surface area contributed by atoms with Gasteiger partial charge in [-0.15, -0.1) is 0 Å². The topological polar surface area (TPSA) is 90.0 Å². The lowest BCUT2D eigenvalue weighted by Gasteiger charge is -2.16. The first-order valence-electron chi connectivity index (χ1n) is 6.23. The molecular formula is C12H17F3N4O2. The van der Waals surface area contributed by atoms with Crippen molar-refractivity contribution in [2.75, 3.05) is 0 Å². The van der Waals surface area contributed by atoms with E-state index in [0.717, 1.165) is 7.05 Å². The van der Waals surface area contributed by atoms with E-state index in [1.54, 1.807) is 0 Å². The molecule has 0 saturated heterocycles. The maximum absolute atomic E-state index is 12.6. The first-order chi connectivity index (χ1) is 9.52. The molecule has 9 heteroatoms. The molecule has 1 heterocycles. The maximum atomic E-state index is 12.6. The number of rotatable bonds is 5. The van der Waals surface area contributed by atoms with Gasteiger partial charge in [-0.3, -0.25) is 14.3 Å². The van der Waals surface area contributed by atoms with Gasteiger partial charge in [0.15, 0.2) is 5.69 Å². The number of amides is 2. The molecule has 1 aromatic heterocycles. The molecule has 1 atom stereocenters. The average Bonchev–Trinajstić information content (AvgIpc) is 2.69. The third-order valence-corrected chi connectivity index (χ3v) is 2.76. The van der Waals surface area contributed by atoms with Gasteiger partial charge in [0.1, 0.15) is 11.7 Å². The lowest BCUT2D eigenvalue weighted by atomic mass is 10.0. The first kappa shape index (κ1) is 17.0. The quantitative estimate of drug-likeness (QED) is 0.852. The Morgan fingerprint density at radius 3 is 2.38 bits per heavy atom. The third-order valence-electron chi connectivity index (χ3n) is 2.76. The number of carbonyl (C=O) groups is 2. The molecule has 6 nitrogen and oxygen atoms in total. The predicted molar refractivity (Wildman–Crippen MR) is 68.1 cm³/mol. The summed E-state index contributed by atoms with van der Waals surface area (Å²) in [5.41, 5.74) is 3.69. The Bertz CT molecular complexity index is 537. The number of nitrogens with two attached hydrogens (primary N) is 1. The van der Waals surface area contributed by atoms with Crippen LogP contribution < -0.4 is 11.1 Å². The maximum Gasteiger partial charge on any atom is 0.433 e. The molecule has 0 spiro atoms. The van der Waals surface area contributed by atoms with Gasteiger partial charge in [-0.05, 0) is 12.3 Å². The van der Waals surface area contributed by atoms with Crippen LogP contribution in [0.3, 0.4) is 0 Å². The second-order valence-corrected chi connectivity index (χ2v) is 5.09. The Balaban J connectivity index is 2.91. The van der Waals surface area contributed by atoms with Crippen LogP contribution in [0.2, 0.25) is 0 Å². The number of hydrogen-bond acceptors (Lipinski definition) is 3. The molecule has 0 aliphatic carbocycles. The molecule has 21 heavy (non-hydrogen) atoms. The highest BCUT2D eigenvalue weighted by atomic mass is 19.4. The van der Waals surface area contributed by atoms with Crippen molar-refractivity contribution in [3.63, 3.8) is 0 Å². The van der Waals surface area contributed by atoms with E-state index in [4.69, 9.17) is 5.73 Å². The van der Waals surface area contributed by atoms with E-state index in [1.165, 1.54) is 0 Å². The number of nitrogens with one attached hydrogen (secondary N) is 1. The van der Waals surface area contributed by atoms with Gasteiger partial charge < -0.3 is 11.1 Å². The summed E-state index contributed by atoms with van der Waals surface area (Å²) >= 11 is 0. The van der Waals surface area contributed by atoms with Crippen molar-refractivity contribution >= 4 is 11.8 Å². The summed E-state index contributed by atoms with van der Waals surface area (Å²) in [5.74, 6) is -1.54. The smallest absolute Gasteiger partial charge is 0.368 e. The van der Waals surface area contributed by atoms with Crippen LogP contribution >= 0.6 is 0 Å². The number of primary amides is 1. The van der Waals surface area contributed by atoms with E-state index < -0.39 is 35.4 Å². The van der Waals surface area contributed by atoms with Crippen molar-refractivity contribution in [2.45, 2.75) is 32.5 Å². The Morgan fingerprint density at radius 2 is 2.00 bits per heavy atom. The minimum atomic E-state index is -4.61. The second-order valence-electron chi connectivity index (χ2n) is 5.09. The molecule has 0 bridgehead atoms. The highest BCUT2D eigenvalue weighted by Gasteiger charge is 2.36. The number of alkyl halides is 3. The first-order valence-corrected chi connectivity index (χ1v) is 6.23. The number of halogens is 3. The largest absolute Gasteiger partial charge is 0.433 e. The molecule has 118 valence electrons. The van der Waals surface area contributed by atoms with E-state index in [2.05, 4.69) is 10.4 Å². The van der Waals surface area contributed by atoms with Crippen LogP contribution in [-0.4, -0.2) is 27.6 Å². The van der Waals surface area contributed by atoms with Crippen molar-refractivity contribution in [1.82, 2.24) is 15.1 Å². The average molecular weight is 306 g/mol. The Kier molecular flexibility index (Phi) is 4.97. The second kappa shape index (κ2) is 6.15. The number of hydrogen-bond donors (Lipinski definition) is 2. The SMILES string of the molecule is CC(C)C[C@H](NC(=O)c1cc(C(F)(F)F)n(C)n1)C(N)=O. The number of carbonyl (C=O) groups excluding carboxylic acids is 2. The fourth-order valence-corrected chi connectivity index (χ4v) is 1.79. The van der Waals surface area contributed by atoms with Crippen molar-refractivity contribution in [3.05, 3.63) is 17.5 Å². The Hall–Kier alpha value is -2.06. The number of nitrogens with zero attached hydrogens (tertiary/aromatic N) is 2. The molecule has 0 aromatic carbocycles. The summed E-state index contributed by atoms with van der Waals surface area (Å²) in [7, 11) is 1.08. The van der Waals surface area contributed by atoms with Crippen molar-refractivity contribution in [1.29, 1.82) is 0 Å².